The third-order valence-corrected chi connectivity index (χ3v) is 3.39. The van der Waals surface area contributed by atoms with Crippen LogP contribution in [0.25, 0.3) is 0 Å². The normalized spacial score (nSPS) is 22.4. The van der Waals surface area contributed by atoms with Gasteiger partial charge in [0, 0.05) is 44.3 Å². The van der Waals surface area contributed by atoms with Gasteiger partial charge in [-0.15, -0.1) is 0 Å². The molecule has 6 nitrogen and oxygen atoms in total. The van der Waals surface area contributed by atoms with Gasteiger partial charge in [-0.1, -0.05) is 0 Å². The number of nitrogen functional groups attached to an aromatic ring is 1. The number of carbonyl (C=O) groups excluding carboxylic acids is 1. The number of methoxy groups -OCH3 is 1. The van der Waals surface area contributed by atoms with Crippen LogP contribution >= 0.6 is 0 Å². The van der Waals surface area contributed by atoms with Crippen molar-refractivity contribution in [3.05, 3.63) is 23.5 Å². The molecule has 3 N–H and O–H groups in total. The van der Waals surface area contributed by atoms with Crippen molar-refractivity contribution in [3.63, 3.8) is 0 Å². The molecule has 0 saturated carbocycles. The topological polar surface area (TPSA) is 86.5 Å². The molecular formula is C13H19N3O3. The molecule has 2 heterocycles. The van der Waals surface area contributed by atoms with Crippen LogP contribution in [0.1, 0.15) is 22.5 Å². The van der Waals surface area contributed by atoms with Gasteiger partial charge in [-0.25, -0.2) is 0 Å². The summed E-state index contributed by atoms with van der Waals surface area (Å²) in [6.07, 6.45) is 2.26. The zero-order valence-electron chi connectivity index (χ0n) is 11.2. The average Bonchev–Trinajstić information content (AvgIpc) is 2.85. The van der Waals surface area contributed by atoms with Crippen molar-refractivity contribution in [2.45, 2.75) is 18.9 Å². The van der Waals surface area contributed by atoms with E-state index in [1.165, 1.54) is 6.20 Å². The second-order valence-electron chi connectivity index (χ2n) is 4.79. The van der Waals surface area contributed by atoms with E-state index in [2.05, 4.69) is 10.3 Å². The van der Waals surface area contributed by atoms with Crippen molar-refractivity contribution >= 4 is 11.6 Å². The molecule has 1 aromatic rings. The van der Waals surface area contributed by atoms with Gasteiger partial charge in [0.05, 0.1) is 12.2 Å². The predicted molar refractivity (Wildman–Crippen MR) is 70.9 cm³/mol. The molecule has 1 aliphatic rings. The molecule has 1 amide bonds. The summed E-state index contributed by atoms with van der Waals surface area (Å²) >= 11 is 0. The number of aromatic nitrogens is 1. The van der Waals surface area contributed by atoms with Gasteiger partial charge in [0.25, 0.3) is 5.91 Å². The first-order valence-electron chi connectivity index (χ1n) is 6.19. The fourth-order valence-electron chi connectivity index (χ4n) is 2.07. The average molecular weight is 265 g/mol. The number of rotatable bonds is 4. The van der Waals surface area contributed by atoms with E-state index < -0.39 is 5.60 Å². The summed E-state index contributed by atoms with van der Waals surface area (Å²) < 4.78 is 10.8. The summed E-state index contributed by atoms with van der Waals surface area (Å²) in [6, 6.07) is 1.68. The molecule has 0 bridgehead atoms. The van der Waals surface area contributed by atoms with Crippen LogP contribution in [0.15, 0.2) is 12.3 Å². The Labute approximate surface area is 112 Å². The Hall–Kier alpha value is -1.66. The van der Waals surface area contributed by atoms with Crippen molar-refractivity contribution in [3.8, 4) is 0 Å². The quantitative estimate of drug-likeness (QED) is 0.828. The maximum absolute atomic E-state index is 12.1. The zero-order valence-corrected chi connectivity index (χ0v) is 11.2. The monoisotopic (exact) mass is 265 g/mol. The molecule has 1 fully saturated rings. The van der Waals surface area contributed by atoms with Crippen LogP contribution < -0.4 is 11.1 Å². The molecule has 1 aliphatic heterocycles. The standard InChI is InChI=1S/C13H19N3O3/c1-9-5-11(14)10(6-15-9)12(17)16-7-13(18-2)3-4-19-8-13/h5-6H,3-4,7-8H2,1-2H3,(H2,14,15)(H,16,17). The van der Waals surface area contributed by atoms with Crippen LogP contribution in [0.2, 0.25) is 0 Å². The van der Waals surface area contributed by atoms with Crippen molar-refractivity contribution in [2.75, 3.05) is 32.6 Å². The maximum atomic E-state index is 12.1. The van der Waals surface area contributed by atoms with Gasteiger partial charge in [-0.05, 0) is 13.0 Å². The first kappa shape index (κ1) is 13.8. The molecule has 2 rings (SSSR count). The van der Waals surface area contributed by atoms with Crippen LogP contribution in [-0.4, -0.2) is 43.4 Å². The summed E-state index contributed by atoms with van der Waals surface area (Å²) in [4.78, 5) is 16.1. The highest BCUT2D eigenvalue weighted by Crippen LogP contribution is 2.21. The van der Waals surface area contributed by atoms with E-state index in [0.717, 1.165) is 12.1 Å². The van der Waals surface area contributed by atoms with Gasteiger partial charge in [-0.3, -0.25) is 9.78 Å². The molecular weight excluding hydrogens is 246 g/mol. The summed E-state index contributed by atoms with van der Waals surface area (Å²) in [5.74, 6) is -0.242. The number of nitrogens with two attached hydrogens (primary N) is 1. The second kappa shape index (κ2) is 5.54. The highest BCUT2D eigenvalue weighted by molar-refractivity contribution is 5.98. The molecule has 1 unspecified atom stereocenters. The molecule has 19 heavy (non-hydrogen) atoms. The number of carbonyl (C=O) groups is 1. The molecule has 0 aliphatic carbocycles. The van der Waals surface area contributed by atoms with E-state index in [1.807, 2.05) is 6.92 Å². The van der Waals surface area contributed by atoms with E-state index >= 15 is 0 Å². The molecule has 0 spiro atoms. The first-order valence-corrected chi connectivity index (χ1v) is 6.19. The van der Waals surface area contributed by atoms with Gasteiger partial charge in [-0.2, -0.15) is 0 Å². The van der Waals surface area contributed by atoms with Crippen LogP contribution in [0.5, 0.6) is 0 Å². The van der Waals surface area contributed by atoms with Crippen LogP contribution in [0, 0.1) is 6.92 Å². The van der Waals surface area contributed by atoms with E-state index in [-0.39, 0.29) is 5.91 Å². The summed E-state index contributed by atoms with van der Waals surface area (Å²) in [7, 11) is 1.63. The zero-order chi connectivity index (χ0) is 13.9. The number of nitrogens with one attached hydrogen (secondary N) is 1. The molecule has 0 aromatic carbocycles. The Morgan fingerprint density at radius 2 is 2.47 bits per heavy atom. The number of anilines is 1. The first-order chi connectivity index (χ1) is 9.06. The Morgan fingerprint density at radius 3 is 3.05 bits per heavy atom. The van der Waals surface area contributed by atoms with E-state index in [4.69, 9.17) is 15.2 Å². The number of hydrogen-bond acceptors (Lipinski definition) is 5. The lowest BCUT2D eigenvalue weighted by molar-refractivity contribution is -0.0148. The summed E-state index contributed by atoms with van der Waals surface area (Å²) in [5, 5.41) is 2.83. The lowest BCUT2D eigenvalue weighted by atomic mass is 10.0. The smallest absolute Gasteiger partial charge is 0.255 e. The maximum Gasteiger partial charge on any atom is 0.255 e. The number of nitrogens with zero attached hydrogens (tertiary/aromatic N) is 1. The number of ether oxygens (including phenoxy) is 2. The fraction of sp³-hybridized carbons (Fsp3) is 0.538. The van der Waals surface area contributed by atoms with Crippen LogP contribution in [0.3, 0.4) is 0 Å². The highest BCUT2D eigenvalue weighted by atomic mass is 16.5. The summed E-state index contributed by atoms with van der Waals surface area (Å²) in [5.41, 5.74) is 6.99. The third-order valence-electron chi connectivity index (χ3n) is 3.39. The van der Waals surface area contributed by atoms with Gasteiger partial charge in [0.2, 0.25) is 0 Å². The Bertz CT molecular complexity index is 470. The van der Waals surface area contributed by atoms with E-state index in [0.29, 0.717) is 31.0 Å². The second-order valence-corrected chi connectivity index (χ2v) is 4.79. The highest BCUT2D eigenvalue weighted by Gasteiger charge is 2.35. The van der Waals surface area contributed by atoms with E-state index in [9.17, 15) is 4.79 Å². The number of pyridine rings is 1. The van der Waals surface area contributed by atoms with Crippen molar-refractivity contribution in [2.24, 2.45) is 0 Å². The predicted octanol–water partition coefficient (Wildman–Crippen LogP) is 0.508. The number of aryl methyl sites for hydroxylation is 1. The molecule has 1 atom stereocenters. The van der Waals surface area contributed by atoms with Gasteiger partial charge < -0.3 is 20.5 Å². The SMILES string of the molecule is COC1(CNC(=O)c2cnc(C)cc2N)CCOC1. The minimum atomic E-state index is -0.428. The van der Waals surface area contributed by atoms with E-state index in [1.54, 1.807) is 13.2 Å². The number of amides is 1. The van der Waals surface area contributed by atoms with Crippen molar-refractivity contribution < 1.29 is 14.3 Å². The largest absolute Gasteiger partial charge is 0.398 e. The fourth-order valence-corrected chi connectivity index (χ4v) is 2.07. The van der Waals surface area contributed by atoms with Gasteiger partial charge >= 0.3 is 0 Å². The lowest BCUT2D eigenvalue weighted by Crippen LogP contribution is -2.45. The summed E-state index contributed by atoms with van der Waals surface area (Å²) in [6.45, 7) is 3.37. The van der Waals surface area contributed by atoms with Crippen LogP contribution in [0.4, 0.5) is 5.69 Å². The number of hydrogen-bond donors (Lipinski definition) is 2. The Kier molecular flexibility index (Phi) is 4.01. The molecule has 0 radical (unpaired) electrons. The Morgan fingerprint density at radius 1 is 1.68 bits per heavy atom. The molecule has 6 heteroatoms. The lowest BCUT2D eigenvalue weighted by Gasteiger charge is -2.25. The minimum Gasteiger partial charge on any atom is -0.398 e. The van der Waals surface area contributed by atoms with Crippen LogP contribution in [-0.2, 0) is 9.47 Å². The van der Waals surface area contributed by atoms with Crippen molar-refractivity contribution in [1.29, 1.82) is 0 Å². The molecule has 1 saturated heterocycles. The third kappa shape index (κ3) is 3.02. The minimum absolute atomic E-state index is 0.242. The molecule has 104 valence electrons. The molecule has 1 aromatic heterocycles. The van der Waals surface area contributed by atoms with Crippen molar-refractivity contribution in [1.82, 2.24) is 10.3 Å². The Balaban J connectivity index is 2.01. The van der Waals surface area contributed by atoms with Gasteiger partial charge in [0.15, 0.2) is 0 Å². The van der Waals surface area contributed by atoms with Gasteiger partial charge in [0.1, 0.15) is 5.60 Å².